The van der Waals surface area contributed by atoms with Crippen LogP contribution in [0.5, 0.6) is 0 Å². The Hall–Kier alpha value is -1.60. The first kappa shape index (κ1) is 13.8. The number of amides is 1. The van der Waals surface area contributed by atoms with Crippen LogP contribution < -0.4 is 5.73 Å². The van der Waals surface area contributed by atoms with Gasteiger partial charge in [-0.2, -0.15) is 5.10 Å². The summed E-state index contributed by atoms with van der Waals surface area (Å²) in [6, 6.07) is 0. The van der Waals surface area contributed by atoms with Gasteiger partial charge in [0, 0.05) is 20.1 Å². The molecule has 2 rings (SSSR count). The molecule has 0 saturated carbocycles. The summed E-state index contributed by atoms with van der Waals surface area (Å²) in [6.45, 7) is 1.67. The Morgan fingerprint density at radius 2 is 2.26 bits per heavy atom. The van der Waals surface area contributed by atoms with Gasteiger partial charge in [0.25, 0.3) is 5.91 Å². The Kier molecular flexibility index (Phi) is 4.39. The summed E-state index contributed by atoms with van der Waals surface area (Å²) in [5.41, 5.74) is 6.26. The summed E-state index contributed by atoms with van der Waals surface area (Å²) in [4.78, 5) is 14.0. The molecule has 1 fully saturated rings. The first-order chi connectivity index (χ1) is 9.13. The van der Waals surface area contributed by atoms with Gasteiger partial charge in [-0.25, -0.2) is 0 Å². The molecule has 7 heteroatoms. The second kappa shape index (κ2) is 6.03. The molecule has 2 heterocycles. The standard InChI is InChI=1S/C12H20N4O3/c1-15-11(13)10(8-14-15)12(18)16-4-2-9(3-5-16)19-7-6-17/h8-9,17H,2-7,13H2,1H3. The molecular weight excluding hydrogens is 248 g/mol. The smallest absolute Gasteiger partial charge is 0.259 e. The van der Waals surface area contributed by atoms with Gasteiger partial charge in [-0.05, 0) is 12.8 Å². The average Bonchev–Trinajstić information content (AvgIpc) is 2.76. The highest BCUT2D eigenvalue weighted by atomic mass is 16.5. The molecule has 0 bridgehead atoms. The third-order valence-electron chi connectivity index (χ3n) is 3.39. The van der Waals surface area contributed by atoms with E-state index in [2.05, 4.69) is 5.10 Å². The molecule has 19 heavy (non-hydrogen) atoms. The van der Waals surface area contributed by atoms with Gasteiger partial charge >= 0.3 is 0 Å². The van der Waals surface area contributed by atoms with E-state index in [1.54, 1.807) is 11.9 Å². The number of nitrogens with zero attached hydrogens (tertiary/aromatic N) is 3. The number of aliphatic hydroxyl groups excluding tert-OH is 1. The minimum atomic E-state index is -0.0776. The quantitative estimate of drug-likeness (QED) is 0.776. The molecule has 7 nitrogen and oxygen atoms in total. The predicted molar refractivity (Wildman–Crippen MR) is 69.6 cm³/mol. The maximum atomic E-state index is 12.3. The second-order valence-electron chi connectivity index (χ2n) is 4.65. The number of nitrogen functional groups attached to an aromatic ring is 1. The molecule has 0 aliphatic carbocycles. The summed E-state index contributed by atoms with van der Waals surface area (Å²) >= 11 is 0. The molecule has 0 radical (unpaired) electrons. The van der Waals surface area contributed by atoms with Crippen LogP contribution in [0.4, 0.5) is 5.82 Å². The fourth-order valence-electron chi connectivity index (χ4n) is 2.23. The van der Waals surface area contributed by atoms with Crippen LogP contribution in [-0.2, 0) is 11.8 Å². The highest BCUT2D eigenvalue weighted by Crippen LogP contribution is 2.18. The Labute approximate surface area is 111 Å². The van der Waals surface area contributed by atoms with E-state index in [-0.39, 0.29) is 18.6 Å². The van der Waals surface area contributed by atoms with Gasteiger partial charge in [0.05, 0.1) is 25.5 Å². The van der Waals surface area contributed by atoms with Crippen molar-refractivity contribution in [3.05, 3.63) is 11.8 Å². The highest BCUT2D eigenvalue weighted by molar-refractivity contribution is 5.98. The monoisotopic (exact) mass is 268 g/mol. The van der Waals surface area contributed by atoms with E-state index in [0.717, 1.165) is 12.8 Å². The van der Waals surface area contributed by atoms with Gasteiger partial charge in [-0.15, -0.1) is 0 Å². The number of anilines is 1. The van der Waals surface area contributed by atoms with Crippen molar-refractivity contribution in [1.29, 1.82) is 0 Å². The van der Waals surface area contributed by atoms with Gasteiger partial charge < -0.3 is 20.5 Å². The van der Waals surface area contributed by atoms with E-state index < -0.39 is 0 Å². The maximum Gasteiger partial charge on any atom is 0.259 e. The average molecular weight is 268 g/mol. The Bertz CT molecular complexity index is 438. The van der Waals surface area contributed by atoms with Crippen molar-refractivity contribution in [3.8, 4) is 0 Å². The fraction of sp³-hybridized carbons (Fsp3) is 0.667. The lowest BCUT2D eigenvalue weighted by atomic mass is 10.1. The highest BCUT2D eigenvalue weighted by Gasteiger charge is 2.26. The number of nitrogens with two attached hydrogens (primary N) is 1. The zero-order valence-electron chi connectivity index (χ0n) is 11.1. The van der Waals surface area contributed by atoms with Crippen LogP contribution in [0.2, 0.25) is 0 Å². The molecule has 1 aliphatic rings. The van der Waals surface area contributed by atoms with E-state index in [4.69, 9.17) is 15.6 Å². The normalized spacial score (nSPS) is 16.8. The van der Waals surface area contributed by atoms with Crippen LogP contribution in [0.1, 0.15) is 23.2 Å². The first-order valence-electron chi connectivity index (χ1n) is 6.42. The van der Waals surface area contributed by atoms with Crippen molar-refractivity contribution < 1.29 is 14.6 Å². The maximum absolute atomic E-state index is 12.3. The topological polar surface area (TPSA) is 93.6 Å². The number of aliphatic hydroxyl groups is 1. The van der Waals surface area contributed by atoms with Gasteiger partial charge in [-0.1, -0.05) is 0 Å². The number of carbonyl (C=O) groups is 1. The molecule has 1 aliphatic heterocycles. The zero-order valence-corrected chi connectivity index (χ0v) is 11.1. The Morgan fingerprint density at radius 3 is 2.79 bits per heavy atom. The number of piperidine rings is 1. The molecule has 0 spiro atoms. The zero-order chi connectivity index (χ0) is 13.8. The van der Waals surface area contributed by atoms with E-state index in [1.807, 2.05) is 0 Å². The fourth-order valence-corrected chi connectivity index (χ4v) is 2.23. The molecule has 1 amide bonds. The van der Waals surface area contributed by atoms with E-state index in [9.17, 15) is 4.79 Å². The molecule has 1 aromatic rings. The third kappa shape index (κ3) is 3.05. The summed E-state index contributed by atoms with van der Waals surface area (Å²) in [6.07, 6.45) is 3.20. The van der Waals surface area contributed by atoms with Crippen LogP contribution in [0.25, 0.3) is 0 Å². The van der Waals surface area contributed by atoms with Crippen LogP contribution in [0.15, 0.2) is 6.20 Å². The van der Waals surface area contributed by atoms with Crippen molar-refractivity contribution in [1.82, 2.24) is 14.7 Å². The SMILES string of the molecule is Cn1ncc(C(=O)N2CCC(OCCO)CC2)c1N. The molecule has 1 aromatic heterocycles. The summed E-state index contributed by atoms with van der Waals surface area (Å²) in [7, 11) is 1.71. The number of likely N-dealkylation sites (tertiary alicyclic amines) is 1. The van der Waals surface area contributed by atoms with Crippen molar-refractivity contribution in [3.63, 3.8) is 0 Å². The Balaban J connectivity index is 1.91. The first-order valence-corrected chi connectivity index (χ1v) is 6.42. The van der Waals surface area contributed by atoms with Crippen molar-refractivity contribution in [2.24, 2.45) is 7.05 Å². The molecule has 0 unspecified atom stereocenters. The summed E-state index contributed by atoms with van der Waals surface area (Å²) < 4.78 is 6.96. The number of hydrogen-bond acceptors (Lipinski definition) is 5. The van der Waals surface area contributed by atoms with Crippen molar-refractivity contribution in [2.45, 2.75) is 18.9 Å². The molecule has 0 aromatic carbocycles. The number of ether oxygens (including phenoxy) is 1. The lowest BCUT2D eigenvalue weighted by Gasteiger charge is -2.31. The van der Waals surface area contributed by atoms with Gasteiger partial charge in [0.1, 0.15) is 11.4 Å². The minimum absolute atomic E-state index is 0.0331. The van der Waals surface area contributed by atoms with E-state index in [0.29, 0.717) is 31.1 Å². The molecule has 3 N–H and O–H groups in total. The van der Waals surface area contributed by atoms with Crippen molar-refractivity contribution >= 4 is 11.7 Å². The Morgan fingerprint density at radius 1 is 1.58 bits per heavy atom. The number of carbonyl (C=O) groups excluding carboxylic acids is 1. The predicted octanol–water partition coefficient (Wildman–Crippen LogP) is -0.384. The van der Waals surface area contributed by atoms with Gasteiger partial charge in [0.15, 0.2) is 0 Å². The lowest BCUT2D eigenvalue weighted by molar-refractivity contribution is -0.00552. The van der Waals surface area contributed by atoms with Crippen LogP contribution in [-0.4, -0.2) is 58.1 Å². The van der Waals surface area contributed by atoms with Crippen LogP contribution in [0.3, 0.4) is 0 Å². The lowest BCUT2D eigenvalue weighted by Crippen LogP contribution is -2.41. The molecule has 0 atom stereocenters. The minimum Gasteiger partial charge on any atom is -0.394 e. The van der Waals surface area contributed by atoms with Crippen molar-refractivity contribution in [2.75, 3.05) is 32.0 Å². The third-order valence-corrected chi connectivity index (χ3v) is 3.39. The number of hydrogen-bond donors (Lipinski definition) is 2. The summed E-state index contributed by atoms with van der Waals surface area (Å²) in [5.74, 6) is 0.315. The van der Waals surface area contributed by atoms with Crippen LogP contribution in [0, 0.1) is 0 Å². The second-order valence-corrected chi connectivity index (χ2v) is 4.65. The molecule has 1 saturated heterocycles. The van der Waals surface area contributed by atoms with Gasteiger partial charge in [-0.3, -0.25) is 9.48 Å². The number of aryl methyl sites for hydroxylation is 1. The summed E-state index contributed by atoms with van der Waals surface area (Å²) in [5, 5.41) is 12.7. The van der Waals surface area contributed by atoms with E-state index >= 15 is 0 Å². The molecule has 106 valence electrons. The number of rotatable bonds is 4. The van der Waals surface area contributed by atoms with E-state index in [1.165, 1.54) is 10.9 Å². The van der Waals surface area contributed by atoms with Crippen LogP contribution >= 0.6 is 0 Å². The largest absolute Gasteiger partial charge is 0.394 e. The van der Waals surface area contributed by atoms with Gasteiger partial charge in [0.2, 0.25) is 0 Å². The molecular formula is C12H20N4O3. The number of aromatic nitrogens is 2.